The minimum Gasteiger partial charge on any atom is -0.205 e. The van der Waals surface area contributed by atoms with Gasteiger partial charge in [-0.15, -0.1) is 0 Å². The molecule has 2 saturated carbocycles. The average molecular weight is 275 g/mol. The quantitative estimate of drug-likeness (QED) is 0.714. The first-order valence-corrected chi connectivity index (χ1v) is 7.58. The number of nitrogens with zero attached hydrogens (tertiary/aromatic N) is 1. The number of hydrogen-bond acceptors (Lipinski definition) is 1. The van der Waals surface area contributed by atoms with Gasteiger partial charge in [-0.1, -0.05) is 25.7 Å². The van der Waals surface area contributed by atoms with Gasteiger partial charge in [0.2, 0.25) is 0 Å². The molecule has 1 aromatic carbocycles. The van der Waals surface area contributed by atoms with Gasteiger partial charge in [0.1, 0.15) is 23.3 Å². The van der Waals surface area contributed by atoms with Crippen LogP contribution in [-0.2, 0) is 0 Å². The Kier molecular flexibility index (Phi) is 3.74. The Hall–Kier alpha value is -1.43. The van der Waals surface area contributed by atoms with Crippen molar-refractivity contribution < 1.29 is 8.78 Å². The molecule has 2 aliphatic rings. The van der Waals surface area contributed by atoms with Crippen LogP contribution in [0.25, 0.3) is 0 Å². The Morgan fingerprint density at radius 3 is 2.25 bits per heavy atom. The van der Waals surface area contributed by atoms with Crippen LogP contribution in [0.3, 0.4) is 0 Å². The Labute approximate surface area is 118 Å². The van der Waals surface area contributed by atoms with Crippen LogP contribution < -0.4 is 0 Å². The van der Waals surface area contributed by atoms with E-state index in [0.29, 0.717) is 0 Å². The highest BCUT2D eigenvalue weighted by atomic mass is 19.1. The van der Waals surface area contributed by atoms with Crippen molar-refractivity contribution in [1.82, 2.24) is 0 Å². The van der Waals surface area contributed by atoms with Crippen LogP contribution in [0.15, 0.2) is 12.1 Å². The number of halogens is 2. The molecular weight excluding hydrogens is 256 g/mol. The number of fused-ring (bicyclic) bond motifs is 1. The van der Waals surface area contributed by atoms with Gasteiger partial charge in [-0.2, -0.15) is 5.26 Å². The van der Waals surface area contributed by atoms with Crippen LogP contribution in [0, 0.1) is 34.8 Å². The monoisotopic (exact) mass is 275 g/mol. The molecule has 1 aromatic rings. The molecule has 3 heteroatoms. The topological polar surface area (TPSA) is 23.8 Å². The van der Waals surface area contributed by atoms with Crippen molar-refractivity contribution in [3.63, 3.8) is 0 Å². The van der Waals surface area contributed by atoms with Gasteiger partial charge < -0.3 is 0 Å². The summed E-state index contributed by atoms with van der Waals surface area (Å²) in [5.41, 5.74) is 0.281. The summed E-state index contributed by atoms with van der Waals surface area (Å²) in [7, 11) is 0. The van der Waals surface area contributed by atoms with Gasteiger partial charge >= 0.3 is 0 Å². The van der Waals surface area contributed by atoms with Gasteiger partial charge in [-0.25, -0.2) is 8.78 Å². The molecule has 20 heavy (non-hydrogen) atoms. The maximum Gasteiger partial charge on any atom is 0.144 e. The van der Waals surface area contributed by atoms with E-state index >= 15 is 0 Å². The number of nitriles is 1. The summed E-state index contributed by atoms with van der Waals surface area (Å²) < 4.78 is 27.5. The zero-order chi connectivity index (χ0) is 14.1. The third-order valence-electron chi connectivity index (χ3n) is 5.19. The molecule has 3 atom stereocenters. The zero-order valence-electron chi connectivity index (χ0n) is 11.5. The molecule has 0 aromatic heterocycles. The van der Waals surface area contributed by atoms with Crippen LogP contribution in [0.5, 0.6) is 0 Å². The molecule has 2 fully saturated rings. The molecule has 0 bridgehead atoms. The molecule has 0 amide bonds. The highest BCUT2D eigenvalue weighted by Crippen LogP contribution is 2.46. The summed E-state index contributed by atoms with van der Waals surface area (Å²) in [6, 6.07) is 4.33. The van der Waals surface area contributed by atoms with Gasteiger partial charge in [0.25, 0.3) is 0 Å². The first-order valence-electron chi connectivity index (χ1n) is 7.58. The summed E-state index contributed by atoms with van der Waals surface area (Å²) in [5, 5.41) is 8.72. The number of hydrogen-bond donors (Lipinski definition) is 0. The minimum atomic E-state index is -0.715. The highest BCUT2D eigenvalue weighted by molar-refractivity contribution is 5.36. The van der Waals surface area contributed by atoms with Crippen LogP contribution in [0.2, 0.25) is 0 Å². The van der Waals surface area contributed by atoms with E-state index in [1.54, 1.807) is 6.07 Å². The Balaban J connectivity index is 1.82. The van der Waals surface area contributed by atoms with Crippen molar-refractivity contribution in [2.45, 2.75) is 50.9 Å². The molecule has 0 N–H and O–H groups in total. The number of rotatable bonds is 1. The van der Waals surface area contributed by atoms with Crippen LogP contribution in [0.4, 0.5) is 8.78 Å². The van der Waals surface area contributed by atoms with Crippen LogP contribution in [0.1, 0.15) is 62.0 Å². The van der Waals surface area contributed by atoms with E-state index in [9.17, 15) is 8.78 Å². The third kappa shape index (κ3) is 2.44. The fourth-order valence-corrected chi connectivity index (χ4v) is 4.11. The van der Waals surface area contributed by atoms with Gasteiger partial charge in [0, 0.05) is 0 Å². The molecule has 0 radical (unpaired) electrons. The fraction of sp³-hybridized carbons (Fsp3) is 0.588. The second kappa shape index (κ2) is 5.52. The molecule has 3 unspecified atom stereocenters. The highest BCUT2D eigenvalue weighted by Gasteiger charge is 2.33. The summed E-state index contributed by atoms with van der Waals surface area (Å²) in [5.74, 6) is 0.380. The van der Waals surface area contributed by atoms with Crippen molar-refractivity contribution in [3.05, 3.63) is 34.9 Å². The summed E-state index contributed by atoms with van der Waals surface area (Å²) in [4.78, 5) is 0. The predicted molar refractivity (Wildman–Crippen MR) is 73.1 cm³/mol. The van der Waals surface area contributed by atoms with E-state index in [2.05, 4.69) is 0 Å². The van der Waals surface area contributed by atoms with E-state index in [4.69, 9.17) is 5.26 Å². The van der Waals surface area contributed by atoms with Crippen LogP contribution in [-0.4, -0.2) is 0 Å². The smallest absolute Gasteiger partial charge is 0.144 e. The van der Waals surface area contributed by atoms with Gasteiger partial charge in [-0.05, 0) is 54.7 Å². The van der Waals surface area contributed by atoms with Crippen molar-refractivity contribution in [1.29, 1.82) is 5.26 Å². The van der Waals surface area contributed by atoms with E-state index in [0.717, 1.165) is 30.2 Å². The van der Waals surface area contributed by atoms with Crippen LogP contribution >= 0.6 is 0 Å². The second-order valence-corrected chi connectivity index (χ2v) is 6.29. The minimum absolute atomic E-state index is 0.256. The second-order valence-electron chi connectivity index (χ2n) is 6.29. The van der Waals surface area contributed by atoms with E-state index in [-0.39, 0.29) is 5.92 Å². The predicted octanol–water partition coefficient (Wildman–Crippen LogP) is 4.91. The number of benzene rings is 1. The third-order valence-corrected chi connectivity index (χ3v) is 5.19. The first kappa shape index (κ1) is 13.5. The Morgan fingerprint density at radius 2 is 1.60 bits per heavy atom. The lowest BCUT2D eigenvalue weighted by atomic mass is 9.66. The summed E-state index contributed by atoms with van der Waals surface area (Å²) in [6.45, 7) is 0. The molecule has 0 saturated heterocycles. The molecular formula is C17H19F2N. The normalized spacial score (nSPS) is 29.6. The summed E-state index contributed by atoms with van der Waals surface area (Å²) >= 11 is 0. The van der Waals surface area contributed by atoms with Crippen molar-refractivity contribution in [2.24, 2.45) is 11.8 Å². The zero-order valence-corrected chi connectivity index (χ0v) is 11.5. The van der Waals surface area contributed by atoms with Crippen molar-refractivity contribution in [3.8, 4) is 6.07 Å². The molecule has 1 nitrogen and oxygen atoms in total. The standard InChI is InChI=1S/C17H19F2N/c18-16-8-14(9-17(19)15(16)10-20)13-6-5-11-3-1-2-4-12(11)7-13/h8-9,11-13H,1-7H2. The largest absolute Gasteiger partial charge is 0.205 e. The maximum atomic E-state index is 13.7. The van der Waals surface area contributed by atoms with Gasteiger partial charge in [0.05, 0.1) is 0 Å². The lowest BCUT2D eigenvalue weighted by Crippen LogP contribution is -2.27. The van der Waals surface area contributed by atoms with E-state index < -0.39 is 17.2 Å². The molecule has 0 heterocycles. The Morgan fingerprint density at radius 1 is 0.950 bits per heavy atom. The molecule has 106 valence electrons. The van der Waals surface area contributed by atoms with Crippen molar-refractivity contribution in [2.75, 3.05) is 0 Å². The molecule has 0 spiro atoms. The van der Waals surface area contributed by atoms with E-state index in [1.165, 1.54) is 44.2 Å². The lowest BCUT2D eigenvalue weighted by molar-refractivity contribution is 0.155. The lowest BCUT2D eigenvalue weighted by Gasteiger charge is -2.39. The SMILES string of the molecule is N#Cc1c(F)cc(C2CCC3CCCCC3C2)cc1F. The van der Waals surface area contributed by atoms with Gasteiger partial charge in [0.15, 0.2) is 0 Å². The average Bonchev–Trinajstić information content (AvgIpc) is 2.46. The maximum absolute atomic E-state index is 13.7. The van der Waals surface area contributed by atoms with Gasteiger partial charge in [-0.3, -0.25) is 0 Å². The summed E-state index contributed by atoms with van der Waals surface area (Å²) in [6.07, 6.45) is 8.48. The first-order chi connectivity index (χ1) is 9.69. The van der Waals surface area contributed by atoms with Crippen molar-refractivity contribution >= 4 is 0 Å². The molecule has 3 rings (SSSR count). The molecule has 0 aliphatic heterocycles. The fourth-order valence-electron chi connectivity index (χ4n) is 4.11. The molecule has 2 aliphatic carbocycles. The Bertz CT molecular complexity index is 523. The van der Waals surface area contributed by atoms with E-state index in [1.807, 2.05) is 0 Å².